The molecule has 0 aliphatic carbocycles. The van der Waals surface area contributed by atoms with Crippen LogP contribution in [0.1, 0.15) is 27.9 Å². The quantitative estimate of drug-likeness (QED) is 0.529. The molecule has 0 saturated heterocycles. The van der Waals surface area contributed by atoms with Crippen LogP contribution >= 0.6 is 0 Å². The first-order valence-corrected chi connectivity index (χ1v) is 9.55. The van der Waals surface area contributed by atoms with Gasteiger partial charge < -0.3 is 10.6 Å². The zero-order valence-electron chi connectivity index (χ0n) is 16.0. The van der Waals surface area contributed by atoms with Gasteiger partial charge in [0.1, 0.15) is 5.84 Å². The minimum absolute atomic E-state index is 0.0375. The van der Waals surface area contributed by atoms with E-state index in [4.69, 9.17) is 11.1 Å². The minimum atomic E-state index is 0.0375. The Morgan fingerprint density at radius 1 is 0.966 bits per heavy atom. The highest BCUT2D eigenvalue weighted by molar-refractivity contribution is 5.96. The van der Waals surface area contributed by atoms with Gasteiger partial charge in [0, 0.05) is 36.6 Å². The molecule has 1 amide bonds. The van der Waals surface area contributed by atoms with Gasteiger partial charge in [0.15, 0.2) is 0 Å². The third kappa shape index (κ3) is 4.09. The molecule has 1 aliphatic heterocycles. The molecule has 144 valence electrons. The summed E-state index contributed by atoms with van der Waals surface area (Å²) in [6.07, 6.45) is 6.43. The first kappa shape index (κ1) is 18.6. The van der Waals surface area contributed by atoms with Gasteiger partial charge in [0.25, 0.3) is 5.91 Å². The number of nitrogens with zero attached hydrogens (tertiary/aromatic N) is 2. The number of aromatic nitrogens is 1. The van der Waals surface area contributed by atoms with Crippen molar-refractivity contribution >= 4 is 17.3 Å². The van der Waals surface area contributed by atoms with E-state index in [0.29, 0.717) is 18.7 Å². The SMILES string of the molecule is N=C(N)c1cccc(C2=CCN(C(=O)c3ccc(-c4cccnc4)cc3)CC2)c1. The second-order valence-corrected chi connectivity index (χ2v) is 7.04. The molecule has 2 heterocycles. The van der Waals surface area contributed by atoms with Crippen molar-refractivity contribution in [2.24, 2.45) is 5.73 Å². The average Bonchev–Trinajstić information content (AvgIpc) is 2.79. The van der Waals surface area contributed by atoms with Crippen LogP contribution in [0.4, 0.5) is 0 Å². The van der Waals surface area contributed by atoms with E-state index in [0.717, 1.165) is 28.7 Å². The van der Waals surface area contributed by atoms with Gasteiger partial charge in [-0.3, -0.25) is 15.2 Å². The fraction of sp³-hybridized carbons (Fsp3) is 0.125. The standard InChI is InChI=1S/C24H22N4O/c25-23(26)21-4-1-3-20(15-21)18-10-13-28(14-11-18)24(29)19-8-6-17(7-9-19)22-5-2-12-27-16-22/h1-10,12,15-16H,11,13-14H2,(H3,25,26). The topological polar surface area (TPSA) is 83.1 Å². The molecule has 5 nitrogen and oxygen atoms in total. The van der Waals surface area contributed by atoms with Gasteiger partial charge in [-0.25, -0.2) is 0 Å². The summed E-state index contributed by atoms with van der Waals surface area (Å²) in [5.41, 5.74) is 11.3. The molecule has 29 heavy (non-hydrogen) atoms. The van der Waals surface area contributed by atoms with Gasteiger partial charge in [0.2, 0.25) is 0 Å². The molecule has 4 rings (SSSR count). The predicted octanol–water partition coefficient (Wildman–Crippen LogP) is 3.96. The molecule has 3 N–H and O–H groups in total. The highest BCUT2D eigenvalue weighted by Crippen LogP contribution is 2.25. The van der Waals surface area contributed by atoms with Crippen molar-refractivity contribution < 1.29 is 4.79 Å². The van der Waals surface area contributed by atoms with Crippen LogP contribution in [-0.2, 0) is 0 Å². The number of hydrogen-bond acceptors (Lipinski definition) is 3. The molecular formula is C24H22N4O. The molecule has 0 spiro atoms. The number of carbonyl (C=O) groups is 1. The number of amidine groups is 1. The van der Waals surface area contributed by atoms with Crippen molar-refractivity contribution in [2.75, 3.05) is 13.1 Å². The lowest BCUT2D eigenvalue weighted by atomic mass is 9.97. The maximum absolute atomic E-state index is 12.9. The summed E-state index contributed by atoms with van der Waals surface area (Å²) in [7, 11) is 0. The Morgan fingerprint density at radius 2 is 1.76 bits per heavy atom. The summed E-state index contributed by atoms with van der Waals surface area (Å²) < 4.78 is 0. The number of pyridine rings is 1. The van der Waals surface area contributed by atoms with Crippen LogP contribution in [0.3, 0.4) is 0 Å². The van der Waals surface area contributed by atoms with Crippen molar-refractivity contribution in [1.82, 2.24) is 9.88 Å². The summed E-state index contributed by atoms with van der Waals surface area (Å²) in [5.74, 6) is 0.102. The summed E-state index contributed by atoms with van der Waals surface area (Å²) in [5, 5.41) is 7.60. The van der Waals surface area contributed by atoms with Crippen LogP contribution in [0, 0.1) is 5.41 Å². The average molecular weight is 382 g/mol. The predicted molar refractivity (Wildman–Crippen MR) is 116 cm³/mol. The number of benzene rings is 2. The molecule has 2 aromatic carbocycles. The van der Waals surface area contributed by atoms with Crippen molar-refractivity contribution in [3.8, 4) is 11.1 Å². The molecule has 3 aromatic rings. The van der Waals surface area contributed by atoms with Crippen LogP contribution in [0.2, 0.25) is 0 Å². The fourth-order valence-electron chi connectivity index (χ4n) is 3.52. The van der Waals surface area contributed by atoms with Crippen molar-refractivity contribution in [3.63, 3.8) is 0 Å². The first-order valence-electron chi connectivity index (χ1n) is 9.55. The van der Waals surface area contributed by atoms with Crippen molar-refractivity contribution in [3.05, 3.63) is 95.8 Å². The Labute approximate surface area is 170 Å². The van der Waals surface area contributed by atoms with E-state index in [-0.39, 0.29) is 11.7 Å². The molecular weight excluding hydrogens is 360 g/mol. The largest absolute Gasteiger partial charge is 0.384 e. The monoisotopic (exact) mass is 382 g/mol. The van der Waals surface area contributed by atoms with E-state index in [1.54, 1.807) is 6.20 Å². The van der Waals surface area contributed by atoms with E-state index in [1.165, 1.54) is 5.57 Å². The van der Waals surface area contributed by atoms with Gasteiger partial charge in [-0.05, 0) is 52.9 Å². The van der Waals surface area contributed by atoms with Crippen LogP contribution in [0.25, 0.3) is 16.7 Å². The molecule has 5 heteroatoms. The Bertz CT molecular complexity index is 1070. The second-order valence-electron chi connectivity index (χ2n) is 7.04. The molecule has 0 bridgehead atoms. The van der Waals surface area contributed by atoms with E-state index in [9.17, 15) is 4.79 Å². The molecule has 1 aliphatic rings. The molecule has 0 saturated carbocycles. The number of hydrogen-bond donors (Lipinski definition) is 2. The minimum Gasteiger partial charge on any atom is -0.384 e. The van der Waals surface area contributed by atoms with Gasteiger partial charge in [0.05, 0.1) is 0 Å². The Kier molecular flexibility index (Phi) is 5.20. The van der Waals surface area contributed by atoms with E-state index < -0.39 is 0 Å². The molecule has 0 radical (unpaired) electrons. The summed E-state index contributed by atoms with van der Waals surface area (Å²) in [4.78, 5) is 18.9. The number of nitrogens with one attached hydrogen (secondary N) is 1. The second kappa shape index (κ2) is 8.10. The first-order chi connectivity index (χ1) is 14.1. The van der Waals surface area contributed by atoms with Crippen molar-refractivity contribution in [2.45, 2.75) is 6.42 Å². The molecule has 1 aromatic heterocycles. The number of rotatable bonds is 4. The summed E-state index contributed by atoms with van der Waals surface area (Å²) >= 11 is 0. The number of nitrogen functional groups attached to an aromatic ring is 1. The normalized spacial score (nSPS) is 13.7. The maximum atomic E-state index is 12.9. The number of nitrogens with two attached hydrogens (primary N) is 1. The Morgan fingerprint density at radius 3 is 2.41 bits per heavy atom. The zero-order chi connectivity index (χ0) is 20.2. The lowest BCUT2D eigenvalue weighted by Crippen LogP contribution is -2.34. The lowest BCUT2D eigenvalue weighted by Gasteiger charge is -2.27. The lowest BCUT2D eigenvalue weighted by molar-refractivity contribution is 0.0773. The van der Waals surface area contributed by atoms with Gasteiger partial charge >= 0.3 is 0 Å². The third-order valence-corrected chi connectivity index (χ3v) is 5.17. The van der Waals surface area contributed by atoms with Crippen LogP contribution < -0.4 is 5.73 Å². The van der Waals surface area contributed by atoms with Crippen LogP contribution in [-0.4, -0.2) is 34.7 Å². The van der Waals surface area contributed by atoms with Gasteiger partial charge in [-0.15, -0.1) is 0 Å². The highest BCUT2D eigenvalue weighted by Gasteiger charge is 2.19. The maximum Gasteiger partial charge on any atom is 0.254 e. The molecule has 0 atom stereocenters. The fourth-order valence-corrected chi connectivity index (χ4v) is 3.52. The van der Waals surface area contributed by atoms with Crippen LogP contribution in [0.5, 0.6) is 0 Å². The zero-order valence-corrected chi connectivity index (χ0v) is 16.0. The summed E-state index contributed by atoms with van der Waals surface area (Å²) in [6, 6.07) is 19.3. The number of amides is 1. The van der Waals surface area contributed by atoms with E-state index >= 15 is 0 Å². The number of carbonyl (C=O) groups excluding carboxylic acids is 1. The van der Waals surface area contributed by atoms with Crippen molar-refractivity contribution in [1.29, 1.82) is 5.41 Å². The molecule has 0 unspecified atom stereocenters. The smallest absolute Gasteiger partial charge is 0.254 e. The van der Waals surface area contributed by atoms with Gasteiger partial charge in [-0.1, -0.05) is 42.5 Å². The molecule has 0 fully saturated rings. The Balaban J connectivity index is 1.46. The van der Waals surface area contributed by atoms with E-state index in [2.05, 4.69) is 11.1 Å². The van der Waals surface area contributed by atoms with E-state index in [1.807, 2.05) is 71.8 Å². The summed E-state index contributed by atoms with van der Waals surface area (Å²) in [6.45, 7) is 1.24. The van der Waals surface area contributed by atoms with Crippen LogP contribution in [0.15, 0.2) is 79.1 Å². The Hall–Kier alpha value is -3.73. The third-order valence-electron chi connectivity index (χ3n) is 5.17. The van der Waals surface area contributed by atoms with Gasteiger partial charge in [-0.2, -0.15) is 0 Å². The highest BCUT2D eigenvalue weighted by atomic mass is 16.2.